The first-order valence-corrected chi connectivity index (χ1v) is 5.64. The number of benzene rings is 1. The third-order valence-corrected chi connectivity index (χ3v) is 2.83. The zero-order valence-corrected chi connectivity index (χ0v) is 10.6. The van der Waals surface area contributed by atoms with E-state index in [0.717, 1.165) is 16.9 Å². The van der Waals surface area contributed by atoms with Gasteiger partial charge in [0.2, 0.25) is 5.88 Å². The standard InChI is InChI=1S/C13H15N3O2/c1-8-9(2)16-18-13(8)15-12(17)10-6-4-5-7-11(10)14-3/h4-7,14H,1-3H3,(H,15,17). The lowest BCUT2D eigenvalue weighted by molar-refractivity contribution is 0.102. The molecule has 1 heterocycles. The summed E-state index contributed by atoms with van der Waals surface area (Å²) in [4.78, 5) is 12.1. The molecule has 5 heteroatoms. The van der Waals surface area contributed by atoms with Gasteiger partial charge in [-0.15, -0.1) is 0 Å². The van der Waals surface area contributed by atoms with Crippen LogP contribution in [0.15, 0.2) is 28.8 Å². The first-order chi connectivity index (χ1) is 8.63. The molecule has 0 spiro atoms. The van der Waals surface area contributed by atoms with Crippen LogP contribution in [0.1, 0.15) is 21.6 Å². The number of nitrogens with one attached hydrogen (secondary N) is 2. The Hall–Kier alpha value is -2.30. The van der Waals surface area contributed by atoms with Gasteiger partial charge in [0, 0.05) is 18.3 Å². The van der Waals surface area contributed by atoms with Crippen molar-refractivity contribution in [1.82, 2.24) is 5.16 Å². The summed E-state index contributed by atoms with van der Waals surface area (Å²) in [6.45, 7) is 3.68. The molecule has 0 saturated heterocycles. The van der Waals surface area contributed by atoms with E-state index in [-0.39, 0.29) is 5.91 Å². The zero-order chi connectivity index (χ0) is 13.1. The van der Waals surface area contributed by atoms with Crippen LogP contribution in [0.25, 0.3) is 0 Å². The number of carbonyl (C=O) groups is 1. The van der Waals surface area contributed by atoms with E-state index < -0.39 is 0 Å². The summed E-state index contributed by atoms with van der Waals surface area (Å²) in [6, 6.07) is 7.27. The van der Waals surface area contributed by atoms with Crippen LogP contribution in [0, 0.1) is 13.8 Å². The van der Waals surface area contributed by atoms with Crippen molar-refractivity contribution in [2.24, 2.45) is 0 Å². The first kappa shape index (κ1) is 12.2. The van der Waals surface area contributed by atoms with Crippen molar-refractivity contribution < 1.29 is 9.32 Å². The lowest BCUT2D eigenvalue weighted by atomic mass is 10.1. The summed E-state index contributed by atoms with van der Waals surface area (Å²) < 4.78 is 5.06. The summed E-state index contributed by atoms with van der Waals surface area (Å²) in [7, 11) is 1.77. The Kier molecular flexibility index (Phi) is 3.32. The van der Waals surface area contributed by atoms with Gasteiger partial charge in [0.1, 0.15) is 0 Å². The molecule has 2 N–H and O–H groups in total. The second-order valence-electron chi connectivity index (χ2n) is 3.97. The lowest BCUT2D eigenvalue weighted by Crippen LogP contribution is -2.14. The van der Waals surface area contributed by atoms with Crippen LogP contribution in [0.4, 0.5) is 11.6 Å². The molecule has 0 saturated carbocycles. The molecule has 2 rings (SSSR count). The summed E-state index contributed by atoms with van der Waals surface area (Å²) in [5.41, 5.74) is 2.94. The summed E-state index contributed by atoms with van der Waals surface area (Å²) >= 11 is 0. The highest BCUT2D eigenvalue weighted by Crippen LogP contribution is 2.20. The van der Waals surface area contributed by atoms with E-state index in [0.29, 0.717) is 11.4 Å². The number of nitrogens with zero attached hydrogens (tertiary/aromatic N) is 1. The number of rotatable bonds is 3. The van der Waals surface area contributed by atoms with Crippen LogP contribution in [0.5, 0.6) is 0 Å². The fourth-order valence-corrected chi connectivity index (χ4v) is 1.60. The fraction of sp³-hybridized carbons (Fsp3) is 0.231. The minimum Gasteiger partial charge on any atom is -0.387 e. The van der Waals surface area contributed by atoms with Gasteiger partial charge in [-0.2, -0.15) is 0 Å². The molecule has 18 heavy (non-hydrogen) atoms. The Morgan fingerprint density at radius 1 is 1.28 bits per heavy atom. The minimum absolute atomic E-state index is 0.223. The number of amides is 1. The van der Waals surface area contributed by atoms with Gasteiger partial charge in [0.05, 0.1) is 11.3 Å². The molecule has 0 bridgehead atoms. The number of anilines is 2. The molecule has 1 amide bonds. The Labute approximate surface area is 105 Å². The summed E-state index contributed by atoms with van der Waals surface area (Å²) in [6.07, 6.45) is 0. The van der Waals surface area contributed by atoms with Crippen molar-refractivity contribution in [2.75, 3.05) is 17.7 Å². The maximum Gasteiger partial charge on any atom is 0.260 e. The van der Waals surface area contributed by atoms with Crippen molar-refractivity contribution in [3.8, 4) is 0 Å². The minimum atomic E-state index is -0.223. The Balaban J connectivity index is 2.25. The van der Waals surface area contributed by atoms with E-state index in [1.807, 2.05) is 32.0 Å². The Bertz CT molecular complexity index is 575. The SMILES string of the molecule is CNc1ccccc1C(=O)Nc1onc(C)c1C. The molecular formula is C13H15N3O2. The van der Waals surface area contributed by atoms with Crippen LogP contribution in [0.3, 0.4) is 0 Å². The molecule has 2 aromatic rings. The molecule has 0 unspecified atom stereocenters. The molecule has 0 aliphatic heterocycles. The highest BCUT2D eigenvalue weighted by atomic mass is 16.5. The second-order valence-corrected chi connectivity index (χ2v) is 3.97. The Morgan fingerprint density at radius 3 is 2.61 bits per heavy atom. The van der Waals surface area contributed by atoms with Crippen LogP contribution in [-0.4, -0.2) is 18.1 Å². The van der Waals surface area contributed by atoms with Crippen LogP contribution >= 0.6 is 0 Å². The number of carbonyl (C=O) groups excluding carboxylic acids is 1. The molecule has 0 aliphatic carbocycles. The van der Waals surface area contributed by atoms with E-state index in [1.54, 1.807) is 13.1 Å². The van der Waals surface area contributed by atoms with Gasteiger partial charge in [-0.3, -0.25) is 10.1 Å². The fourth-order valence-electron chi connectivity index (χ4n) is 1.60. The molecule has 0 fully saturated rings. The lowest BCUT2D eigenvalue weighted by Gasteiger charge is -2.08. The third-order valence-electron chi connectivity index (χ3n) is 2.83. The molecule has 5 nitrogen and oxygen atoms in total. The molecule has 1 aromatic heterocycles. The highest BCUT2D eigenvalue weighted by Gasteiger charge is 2.15. The normalized spacial score (nSPS) is 10.2. The van der Waals surface area contributed by atoms with Gasteiger partial charge >= 0.3 is 0 Å². The molecule has 0 atom stereocenters. The van der Waals surface area contributed by atoms with Crippen molar-refractivity contribution >= 4 is 17.5 Å². The molecule has 0 radical (unpaired) electrons. The van der Waals surface area contributed by atoms with E-state index in [4.69, 9.17) is 4.52 Å². The zero-order valence-electron chi connectivity index (χ0n) is 10.6. The smallest absolute Gasteiger partial charge is 0.260 e. The van der Waals surface area contributed by atoms with Gasteiger partial charge < -0.3 is 9.84 Å². The van der Waals surface area contributed by atoms with Gasteiger partial charge in [-0.25, -0.2) is 0 Å². The van der Waals surface area contributed by atoms with E-state index in [2.05, 4.69) is 15.8 Å². The van der Waals surface area contributed by atoms with Crippen LogP contribution in [0.2, 0.25) is 0 Å². The second kappa shape index (κ2) is 4.91. The molecule has 94 valence electrons. The number of aryl methyl sites for hydroxylation is 1. The summed E-state index contributed by atoms with van der Waals surface area (Å²) in [5, 5.41) is 9.49. The van der Waals surface area contributed by atoms with E-state index >= 15 is 0 Å². The predicted molar refractivity (Wildman–Crippen MR) is 69.9 cm³/mol. The molecule has 1 aromatic carbocycles. The topological polar surface area (TPSA) is 67.2 Å². The van der Waals surface area contributed by atoms with Crippen LogP contribution in [-0.2, 0) is 0 Å². The van der Waals surface area contributed by atoms with Gasteiger partial charge in [-0.1, -0.05) is 17.3 Å². The van der Waals surface area contributed by atoms with Gasteiger partial charge in [0.25, 0.3) is 5.91 Å². The predicted octanol–water partition coefficient (Wildman–Crippen LogP) is 2.59. The Morgan fingerprint density at radius 2 is 2.00 bits per heavy atom. The third kappa shape index (κ3) is 2.20. The van der Waals surface area contributed by atoms with Crippen molar-refractivity contribution in [2.45, 2.75) is 13.8 Å². The molecule has 0 aliphatic rings. The number of hydrogen-bond donors (Lipinski definition) is 2. The number of aromatic nitrogens is 1. The van der Waals surface area contributed by atoms with Crippen molar-refractivity contribution in [3.63, 3.8) is 0 Å². The monoisotopic (exact) mass is 245 g/mol. The molecular weight excluding hydrogens is 230 g/mol. The van der Waals surface area contributed by atoms with Gasteiger partial charge in [0.15, 0.2) is 0 Å². The first-order valence-electron chi connectivity index (χ1n) is 5.64. The average molecular weight is 245 g/mol. The van der Waals surface area contributed by atoms with E-state index in [1.165, 1.54) is 0 Å². The van der Waals surface area contributed by atoms with Crippen molar-refractivity contribution in [1.29, 1.82) is 0 Å². The van der Waals surface area contributed by atoms with E-state index in [9.17, 15) is 4.79 Å². The van der Waals surface area contributed by atoms with Gasteiger partial charge in [-0.05, 0) is 26.0 Å². The number of hydrogen-bond acceptors (Lipinski definition) is 4. The quantitative estimate of drug-likeness (QED) is 0.872. The van der Waals surface area contributed by atoms with Crippen LogP contribution < -0.4 is 10.6 Å². The maximum absolute atomic E-state index is 12.1. The average Bonchev–Trinajstić information content (AvgIpc) is 2.70. The highest BCUT2D eigenvalue weighted by molar-refractivity contribution is 6.07. The maximum atomic E-state index is 12.1. The largest absolute Gasteiger partial charge is 0.387 e. The summed E-state index contributed by atoms with van der Waals surface area (Å²) in [5.74, 6) is 0.169. The van der Waals surface area contributed by atoms with Crippen molar-refractivity contribution in [3.05, 3.63) is 41.1 Å². The number of para-hydroxylation sites is 1.